The monoisotopic (exact) mass is 404 g/mol. The normalized spacial score (nSPS) is 10.3. The number of nitrogens with zero attached hydrogens (tertiary/aromatic N) is 1. The van der Waals surface area contributed by atoms with Crippen molar-refractivity contribution < 1.29 is 4.74 Å². The first-order chi connectivity index (χ1) is 8.08. The van der Waals surface area contributed by atoms with E-state index in [9.17, 15) is 0 Å². The number of nitrogen functional groups attached to an aromatic ring is 1. The minimum atomic E-state index is 0.526. The van der Waals surface area contributed by atoms with Crippen LogP contribution in [0.2, 0.25) is 0 Å². The second-order valence-electron chi connectivity index (χ2n) is 3.51. The van der Waals surface area contributed by atoms with Gasteiger partial charge in [0, 0.05) is 3.57 Å². The first-order valence-electron chi connectivity index (χ1n) is 4.92. The summed E-state index contributed by atoms with van der Waals surface area (Å²) in [4.78, 5) is 4.16. The zero-order valence-electron chi connectivity index (χ0n) is 9.08. The maximum absolute atomic E-state index is 5.75. The van der Waals surface area contributed by atoms with Gasteiger partial charge in [0.1, 0.15) is 5.75 Å². The Labute approximate surface area is 122 Å². The number of halogens is 2. The fraction of sp³-hybridized carbons (Fsp3) is 0.0833. The van der Waals surface area contributed by atoms with Crippen molar-refractivity contribution in [2.24, 2.45) is 0 Å². The van der Waals surface area contributed by atoms with Crippen LogP contribution in [-0.4, -0.2) is 4.98 Å². The standard InChI is InChI=1S/C12H10BrIN2O/c1-7-10(15)6-16-12(11(7)13)17-9-4-2-8(14)3-5-9/h2-6H,15H2,1H3. The highest BCUT2D eigenvalue weighted by atomic mass is 127. The lowest BCUT2D eigenvalue weighted by Crippen LogP contribution is -1.96. The van der Waals surface area contributed by atoms with Gasteiger partial charge in [0.05, 0.1) is 16.4 Å². The second kappa shape index (κ2) is 5.22. The van der Waals surface area contributed by atoms with E-state index in [0.29, 0.717) is 11.6 Å². The number of hydrogen-bond donors (Lipinski definition) is 1. The zero-order chi connectivity index (χ0) is 12.4. The molecule has 0 saturated heterocycles. The molecule has 1 heterocycles. The molecule has 17 heavy (non-hydrogen) atoms. The second-order valence-corrected chi connectivity index (χ2v) is 5.55. The number of nitrogens with two attached hydrogens (primary N) is 1. The third kappa shape index (κ3) is 2.90. The molecule has 3 nitrogen and oxygen atoms in total. The molecule has 1 aromatic heterocycles. The number of aromatic nitrogens is 1. The molecule has 0 aliphatic heterocycles. The molecule has 0 atom stereocenters. The van der Waals surface area contributed by atoms with Gasteiger partial charge in [0.25, 0.3) is 0 Å². The van der Waals surface area contributed by atoms with Gasteiger partial charge in [0.15, 0.2) is 0 Å². The first-order valence-corrected chi connectivity index (χ1v) is 6.79. The number of ether oxygens (including phenoxy) is 1. The van der Waals surface area contributed by atoms with Crippen molar-refractivity contribution in [1.29, 1.82) is 0 Å². The number of hydrogen-bond acceptors (Lipinski definition) is 3. The van der Waals surface area contributed by atoms with Gasteiger partial charge in [-0.15, -0.1) is 0 Å². The smallest absolute Gasteiger partial charge is 0.233 e. The van der Waals surface area contributed by atoms with Gasteiger partial charge >= 0.3 is 0 Å². The molecule has 2 rings (SSSR count). The Hall–Kier alpha value is -0.820. The Balaban J connectivity index is 2.30. The molecular formula is C12H10BrIN2O. The molecule has 0 saturated carbocycles. The minimum absolute atomic E-state index is 0.526. The summed E-state index contributed by atoms with van der Waals surface area (Å²) >= 11 is 5.68. The van der Waals surface area contributed by atoms with E-state index in [4.69, 9.17) is 10.5 Å². The lowest BCUT2D eigenvalue weighted by atomic mass is 10.2. The number of rotatable bonds is 2. The maximum atomic E-state index is 5.75. The third-order valence-electron chi connectivity index (χ3n) is 2.30. The predicted octanol–water partition coefficient (Wildman–Crippen LogP) is 4.13. The van der Waals surface area contributed by atoms with Crippen molar-refractivity contribution >= 4 is 44.2 Å². The lowest BCUT2D eigenvalue weighted by Gasteiger charge is -2.09. The minimum Gasteiger partial charge on any atom is -0.438 e. The van der Waals surface area contributed by atoms with Crippen molar-refractivity contribution in [2.75, 3.05) is 5.73 Å². The van der Waals surface area contributed by atoms with E-state index in [1.807, 2.05) is 31.2 Å². The zero-order valence-corrected chi connectivity index (χ0v) is 12.8. The van der Waals surface area contributed by atoms with E-state index in [1.165, 1.54) is 0 Å². The van der Waals surface area contributed by atoms with Crippen molar-refractivity contribution in [1.82, 2.24) is 4.98 Å². The molecule has 2 aromatic rings. The number of benzene rings is 1. The molecule has 0 aliphatic carbocycles. The van der Waals surface area contributed by atoms with E-state index < -0.39 is 0 Å². The predicted molar refractivity (Wildman–Crippen MR) is 80.3 cm³/mol. The lowest BCUT2D eigenvalue weighted by molar-refractivity contribution is 0.459. The van der Waals surface area contributed by atoms with E-state index in [0.717, 1.165) is 19.4 Å². The molecule has 0 unspecified atom stereocenters. The van der Waals surface area contributed by atoms with E-state index in [-0.39, 0.29) is 0 Å². The number of pyridine rings is 1. The Kier molecular flexibility index (Phi) is 3.88. The molecule has 0 amide bonds. The Morgan fingerprint density at radius 3 is 2.59 bits per heavy atom. The Morgan fingerprint density at radius 2 is 1.94 bits per heavy atom. The third-order valence-corrected chi connectivity index (χ3v) is 3.95. The maximum Gasteiger partial charge on any atom is 0.233 e. The quantitative estimate of drug-likeness (QED) is 0.765. The van der Waals surface area contributed by atoms with Gasteiger partial charge in [0.2, 0.25) is 5.88 Å². The summed E-state index contributed by atoms with van der Waals surface area (Å²) in [6.45, 7) is 1.92. The van der Waals surface area contributed by atoms with Crippen LogP contribution in [0.25, 0.3) is 0 Å². The van der Waals surface area contributed by atoms with Gasteiger partial charge in [-0.3, -0.25) is 0 Å². The summed E-state index contributed by atoms with van der Waals surface area (Å²) in [5.41, 5.74) is 7.33. The van der Waals surface area contributed by atoms with Crippen molar-refractivity contribution in [2.45, 2.75) is 6.92 Å². The molecule has 0 radical (unpaired) electrons. The topological polar surface area (TPSA) is 48.1 Å². The van der Waals surface area contributed by atoms with E-state index in [1.54, 1.807) is 6.20 Å². The van der Waals surface area contributed by atoms with Gasteiger partial charge < -0.3 is 10.5 Å². The molecule has 1 aromatic carbocycles. The summed E-state index contributed by atoms with van der Waals surface area (Å²) < 4.78 is 7.63. The summed E-state index contributed by atoms with van der Waals surface area (Å²) in [7, 11) is 0. The molecule has 0 aliphatic rings. The highest BCUT2D eigenvalue weighted by molar-refractivity contribution is 14.1. The summed E-state index contributed by atoms with van der Waals surface area (Å²) in [6, 6.07) is 7.77. The molecule has 88 valence electrons. The summed E-state index contributed by atoms with van der Waals surface area (Å²) in [6.07, 6.45) is 1.60. The van der Waals surface area contributed by atoms with Gasteiger partial charge in [-0.1, -0.05) is 0 Å². The summed E-state index contributed by atoms with van der Waals surface area (Å²) in [5, 5.41) is 0. The first kappa shape index (κ1) is 12.6. The molecule has 0 bridgehead atoms. The average molecular weight is 405 g/mol. The Bertz CT molecular complexity index is 543. The molecular weight excluding hydrogens is 395 g/mol. The van der Waals surface area contributed by atoms with Crippen LogP contribution in [0.1, 0.15) is 5.56 Å². The van der Waals surface area contributed by atoms with Crippen molar-refractivity contribution in [3.8, 4) is 11.6 Å². The summed E-state index contributed by atoms with van der Waals surface area (Å²) in [5.74, 6) is 1.28. The van der Waals surface area contributed by atoms with Crippen LogP contribution in [0.4, 0.5) is 5.69 Å². The molecule has 5 heteroatoms. The molecule has 0 spiro atoms. The molecule has 2 N–H and O–H groups in total. The van der Waals surface area contributed by atoms with Gasteiger partial charge in [-0.2, -0.15) is 0 Å². The Morgan fingerprint density at radius 1 is 1.29 bits per heavy atom. The van der Waals surface area contributed by atoms with Crippen LogP contribution < -0.4 is 10.5 Å². The van der Waals surface area contributed by atoms with Crippen LogP contribution in [0.3, 0.4) is 0 Å². The van der Waals surface area contributed by atoms with Gasteiger partial charge in [-0.25, -0.2) is 4.98 Å². The van der Waals surface area contributed by atoms with E-state index >= 15 is 0 Å². The largest absolute Gasteiger partial charge is 0.438 e. The molecule has 0 fully saturated rings. The van der Waals surface area contributed by atoms with Crippen LogP contribution in [0.5, 0.6) is 11.6 Å². The van der Waals surface area contributed by atoms with Crippen molar-refractivity contribution in [3.63, 3.8) is 0 Å². The number of anilines is 1. The van der Waals surface area contributed by atoms with Crippen molar-refractivity contribution in [3.05, 3.63) is 44.1 Å². The fourth-order valence-electron chi connectivity index (χ4n) is 1.25. The van der Waals surface area contributed by atoms with Crippen LogP contribution in [-0.2, 0) is 0 Å². The average Bonchev–Trinajstić information content (AvgIpc) is 2.33. The highest BCUT2D eigenvalue weighted by Gasteiger charge is 2.09. The fourth-order valence-corrected chi connectivity index (χ4v) is 2.03. The highest BCUT2D eigenvalue weighted by Crippen LogP contribution is 2.32. The van der Waals surface area contributed by atoms with Gasteiger partial charge in [-0.05, 0) is 75.3 Å². The van der Waals surface area contributed by atoms with Crippen LogP contribution in [0.15, 0.2) is 34.9 Å². The van der Waals surface area contributed by atoms with E-state index in [2.05, 4.69) is 43.5 Å². The van der Waals surface area contributed by atoms with Crippen LogP contribution >= 0.6 is 38.5 Å². The SMILES string of the molecule is Cc1c(N)cnc(Oc2ccc(I)cc2)c1Br. The van der Waals surface area contributed by atoms with Crippen LogP contribution in [0, 0.1) is 10.5 Å².